The molecule has 1 aromatic rings. The third kappa shape index (κ3) is 7.26. The maximum absolute atomic E-state index is 13.2. The van der Waals surface area contributed by atoms with E-state index in [0.29, 0.717) is 24.9 Å². The van der Waals surface area contributed by atoms with Gasteiger partial charge in [-0.15, -0.1) is 0 Å². The van der Waals surface area contributed by atoms with Gasteiger partial charge in [0.05, 0.1) is 11.5 Å². The first-order chi connectivity index (χ1) is 15.5. The Morgan fingerprint density at radius 3 is 2.42 bits per heavy atom. The fourth-order valence-corrected chi connectivity index (χ4v) is 4.39. The molecule has 0 N–H and O–H groups in total. The summed E-state index contributed by atoms with van der Waals surface area (Å²) in [5.74, 6) is -2.00. The lowest BCUT2D eigenvalue weighted by Crippen LogP contribution is -2.40. The number of allylic oxidation sites excluding steroid dienone is 1. The van der Waals surface area contributed by atoms with Crippen molar-refractivity contribution < 1.29 is 23.9 Å². The standard InChI is InChI=1S/C27H39NO5/c1-8-24-17(2)13-14-23(29)18(3)15-19(4)25(20(5)26(30)32-24)33-27(31)22-12-10-9-11-21(22)16-28(6)7/h9-14,17-20,24-25H,8,15-16H2,1-7H3/b14-13+/t17-,18-,19+,20-,24-,25+/m1/s1. The Balaban J connectivity index is 2.36. The Bertz CT molecular complexity index is 862. The quantitative estimate of drug-likeness (QED) is 0.599. The molecule has 0 bridgehead atoms. The van der Waals surface area contributed by atoms with Crippen LogP contribution in [0.25, 0.3) is 0 Å². The number of ketones is 1. The number of nitrogens with zero attached hydrogens (tertiary/aromatic N) is 1. The first kappa shape index (κ1) is 26.8. The molecule has 0 spiro atoms. The molecule has 1 aliphatic rings. The molecule has 0 fully saturated rings. The Labute approximate surface area is 198 Å². The highest BCUT2D eigenvalue weighted by molar-refractivity contribution is 5.92. The van der Waals surface area contributed by atoms with Crippen molar-refractivity contribution in [2.24, 2.45) is 23.7 Å². The van der Waals surface area contributed by atoms with Crippen LogP contribution in [-0.4, -0.2) is 48.9 Å². The van der Waals surface area contributed by atoms with Crippen molar-refractivity contribution in [2.75, 3.05) is 14.1 Å². The number of carbonyl (C=O) groups is 3. The number of esters is 2. The number of hydrogen-bond acceptors (Lipinski definition) is 6. The van der Waals surface area contributed by atoms with Gasteiger partial charge in [0.2, 0.25) is 0 Å². The zero-order chi connectivity index (χ0) is 24.7. The summed E-state index contributed by atoms with van der Waals surface area (Å²) in [5.41, 5.74) is 1.34. The molecule has 0 aliphatic carbocycles. The van der Waals surface area contributed by atoms with E-state index in [1.54, 1.807) is 25.1 Å². The molecule has 0 radical (unpaired) electrons. The van der Waals surface area contributed by atoms with E-state index in [1.807, 2.05) is 64.9 Å². The topological polar surface area (TPSA) is 72.9 Å². The summed E-state index contributed by atoms with van der Waals surface area (Å²) in [5, 5.41) is 0. The Kier molecular flexibility index (Phi) is 9.84. The molecule has 6 atom stereocenters. The van der Waals surface area contributed by atoms with E-state index in [4.69, 9.17) is 9.47 Å². The molecule has 2 rings (SSSR count). The molecule has 1 heterocycles. The van der Waals surface area contributed by atoms with Crippen molar-refractivity contribution in [1.29, 1.82) is 0 Å². The maximum atomic E-state index is 13.2. The third-order valence-electron chi connectivity index (χ3n) is 6.42. The zero-order valence-corrected chi connectivity index (χ0v) is 21.0. The van der Waals surface area contributed by atoms with Crippen LogP contribution in [0.4, 0.5) is 0 Å². The van der Waals surface area contributed by atoms with E-state index in [1.165, 1.54) is 0 Å². The highest BCUT2D eigenvalue weighted by Gasteiger charge is 2.36. The molecule has 0 unspecified atom stereocenters. The molecule has 0 saturated heterocycles. The summed E-state index contributed by atoms with van der Waals surface area (Å²) in [4.78, 5) is 40.9. The lowest BCUT2D eigenvalue weighted by Gasteiger charge is -2.32. The fraction of sp³-hybridized carbons (Fsp3) is 0.593. The molecule has 33 heavy (non-hydrogen) atoms. The van der Waals surface area contributed by atoms with E-state index >= 15 is 0 Å². The molecule has 0 aromatic heterocycles. The maximum Gasteiger partial charge on any atom is 0.338 e. The van der Waals surface area contributed by atoms with Crippen LogP contribution in [0.1, 0.15) is 63.4 Å². The van der Waals surface area contributed by atoms with E-state index in [9.17, 15) is 14.4 Å². The van der Waals surface area contributed by atoms with Gasteiger partial charge in [-0.25, -0.2) is 4.79 Å². The molecule has 1 aromatic carbocycles. The monoisotopic (exact) mass is 457 g/mol. The van der Waals surface area contributed by atoms with Crippen LogP contribution in [-0.2, 0) is 25.6 Å². The number of cyclic esters (lactones) is 1. The number of ether oxygens (including phenoxy) is 2. The number of hydrogen-bond donors (Lipinski definition) is 0. The number of carbonyl (C=O) groups excluding carboxylic acids is 3. The second-order valence-corrected chi connectivity index (χ2v) is 9.67. The van der Waals surface area contributed by atoms with Crippen LogP contribution in [0.5, 0.6) is 0 Å². The van der Waals surface area contributed by atoms with Crippen LogP contribution >= 0.6 is 0 Å². The van der Waals surface area contributed by atoms with Crippen LogP contribution in [0.15, 0.2) is 36.4 Å². The Morgan fingerprint density at radius 1 is 1.12 bits per heavy atom. The fourth-order valence-electron chi connectivity index (χ4n) is 4.39. The summed E-state index contributed by atoms with van der Waals surface area (Å²) in [7, 11) is 3.88. The molecule has 0 amide bonds. The van der Waals surface area contributed by atoms with Gasteiger partial charge in [0.1, 0.15) is 12.2 Å². The molecule has 6 nitrogen and oxygen atoms in total. The summed E-state index contributed by atoms with van der Waals surface area (Å²) in [6, 6.07) is 7.34. The molecule has 1 aliphatic heterocycles. The van der Waals surface area contributed by atoms with Crippen molar-refractivity contribution in [3.8, 4) is 0 Å². The molecular formula is C27H39NO5. The van der Waals surface area contributed by atoms with Crippen LogP contribution < -0.4 is 0 Å². The van der Waals surface area contributed by atoms with Gasteiger partial charge in [0.25, 0.3) is 0 Å². The predicted molar refractivity (Wildman–Crippen MR) is 129 cm³/mol. The third-order valence-corrected chi connectivity index (χ3v) is 6.42. The molecule has 6 heteroatoms. The summed E-state index contributed by atoms with van der Waals surface area (Å²) >= 11 is 0. The summed E-state index contributed by atoms with van der Waals surface area (Å²) < 4.78 is 11.8. The second-order valence-electron chi connectivity index (χ2n) is 9.67. The Hall–Kier alpha value is -2.47. The van der Waals surface area contributed by atoms with Gasteiger partial charge < -0.3 is 14.4 Å². The van der Waals surface area contributed by atoms with Crippen molar-refractivity contribution in [2.45, 2.75) is 66.2 Å². The largest absolute Gasteiger partial charge is 0.461 e. The van der Waals surface area contributed by atoms with Crippen molar-refractivity contribution in [1.82, 2.24) is 4.90 Å². The van der Waals surface area contributed by atoms with Crippen molar-refractivity contribution in [3.63, 3.8) is 0 Å². The normalized spacial score (nSPS) is 30.2. The zero-order valence-electron chi connectivity index (χ0n) is 21.0. The van der Waals surface area contributed by atoms with Gasteiger partial charge in [0.15, 0.2) is 5.78 Å². The Morgan fingerprint density at radius 2 is 1.79 bits per heavy atom. The molecular weight excluding hydrogens is 418 g/mol. The van der Waals surface area contributed by atoms with Gasteiger partial charge in [-0.3, -0.25) is 9.59 Å². The highest BCUT2D eigenvalue weighted by atomic mass is 16.6. The van der Waals surface area contributed by atoms with Gasteiger partial charge in [-0.1, -0.05) is 52.0 Å². The minimum Gasteiger partial charge on any atom is -0.461 e. The molecule has 182 valence electrons. The van der Waals surface area contributed by atoms with Crippen LogP contribution in [0.3, 0.4) is 0 Å². The second kappa shape index (κ2) is 12.1. The van der Waals surface area contributed by atoms with E-state index in [2.05, 4.69) is 0 Å². The minimum atomic E-state index is -0.705. The lowest BCUT2D eigenvalue weighted by molar-refractivity contribution is -0.160. The predicted octanol–water partition coefficient (Wildman–Crippen LogP) is 4.67. The molecule has 0 saturated carbocycles. The van der Waals surface area contributed by atoms with Gasteiger partial charge in [-0.2, -0.15) is 0 Å². The first-order valence-corrected chi connectivity index (χ1v) is 11.9. The summed E-state index contributed by atoms with van der Waals surface area (Å²) in [6.45, 7) is 10.0. The van der Waals surface area contributed by atoms with E-state index in [0.717, 1.165) is 5.56 Å². The number of benzene rings is 1. The van der Waals surface area contributed by atoms with Crippen molar-refractivity contribution >= 4 is 17.7 Å². The SMILES string of the molecule is CC[C@H]1OC(=O)[C@H](C)[C@@H](OC(=O)c2ccccc2CN(C)C)[C@@H](C)C[C@@H](C)C(=O)/C=C/[C@H]1C. The number of rotatable bonds is 5. The van der Waals surface area contributed by atoms with Crippen LogP contribution in [0, 0.1) is 23.7 Å². The van der Waals surface area contributed by atoms with Gasteiger partial charge >= 0.3 is 11.9 Å². The highest BCUT2D eigenvalue weighted by Crippen LogP contribution is 2.29. The first-order valence-electron chi connectivity index (χ1n) is 11.9. The minimum absolute atomic E-state index is 0.0320. The van der Waals surface area contributed by atoms with Crippen LogP contribution in [0.2, 0.25) is 0 Å². The summed E-state index contributed by atoms with van der Waals surface area (Å²) in [6.07, 6.45) is 3.52. The average molecular weight is 458 g/mol. The van der Waals surface area contributed by atoms with Gasteiger partial charge in [-0.05, 0) is 57.5 Å². The average Bonchev–Trinajstić information content (AvgIpc) is 2.77. The van der Waals surface area contributed by atoms with Crippen molar-refractivity contribution in [3.05, 3.63) is 47.5 Å². The smallest absolute Gasteiger partial charge is 0.338 e. The lowest BCUT2D eigenvalue weighted by atomic mass is 9.84. The van der Waals surface area contributed by atoms with Gasteiger partial charge in [0, 0.05) is 18.4 Å². The van der Waals surface area contributed by atoms with E-state index in [-0.39, 0.29) is 35.6 Å². The van der Waals surface area contributed by atoms with E-state index < -0.39 is 18.0 Å².